The maximum Gasteiger partial charge on any atom is 0.197 e. The molecule has 0 atom stereocenters. The van der Waals surface area contributed by atoms with Gasteiger partial charge in [-0.25, -0.2) is 9.97 Å². The number of nitrogens with zero attached hydrogens (tertiary/aromatic N) is 3. The van der Waals surface area contributed by atoms with Crippen molar-refractivity contribution in [1.29, 1.82) is 0 Å². The van der Waals surface area contributed by atoms with Crippen LogP contribution in [0.3, 0.4) is 0 Å². The van der Waals surface area contributed by atoms with E-state index >= 15 is 0 Å². The van der Waals surface area contributed by atoms with Gasteiger partial charge in [0.15, 0.2) is 5.43 Å². The molecule has 0 amide bonds. The van der Waals surface area contributed by atoms with Crippen molar-refractivity contribution in [2.45, 2.75) is 6.92 Å². The van der Waals surface area contributed by atoms with E-state index in [1.54, 1.807) is 11.3 Å². The molecule has 0 aliphatic carbocycles. The molecular formula is C28H28ClN5O2S. The molecule has 0 spiro atoms. The lowest BCUT2D eigenvalue weighted by Gasteiger charge is -2.22. The largest absolute Gasteiger partial charge is 0.395 e. The molecule has 0 unspecified atom stereocenters. The van der Waals surface area contributed by atoms with Crippen molar-refractivity contribution in [2.24, 2.45) is 0 Å². The summed E-state index contributed by atoms with van der Waals surface area (Å²) >= 11 is 7.74. The molecule has 0 aliphatic heterocycles. The van der Waals surface area contributed by atoms with Crippen LogP contribution in [0.15, 0.2) is 65.7 Å². The molecule has 0 aliphatic rings. The summed E-state index contributed by atoms with van der Waals surface area (Å²) in [6, 6.07) is 17.4. The Balaban J connectivity index is 1.26. The van der Waals surface area contributed by atoms with Gasteiger partial charge in [0.05, 0.1) is 17.5 Å². The summed E-state index contributed by atoms with van der Waals surface area (Å²) in [6.07, 6.45) is 1.52. The Bertz CT molecular complexity index is 1620. The fourth-order valence-electron chi connectivity index (χ4n) is 4.51. The number of aliphatic hydroxyl groups excluding tert-OH is 1. The van der Waals surface area contributed by atoms with Crippen LogP contribution in [0, 0.1) is 6.92 Å². The molecule has 0 saturated heterocycles. The van der Waals surface area contributed by atoms with E-state index in [9.17, 15) is 9.90 Å². The number of aromatic nitrogens is 2. The number of halogens is 1. The molecule has 2 aromatic heterocycles. The van der Waals surface area contributed by atoms with E-state index in [1.807, 2.05) is 55.5 Å². The molecule has 5 rings (SSSR count). The standard InChI is InChI=1S/C28H28ClN5O2S/c1-18-6-9-22(25-26(36)21-4-2-3-5-24(21)37-27(18)25)30-10-12-34(14-15-35)13-11-31-28-20-8-7-19(29)16-23(20)32-17-33-28/h2-9,16-17,30,35H,10-15H2,1H3,(H,31,32,33). The van der Waals surface area contributed by atoms with Crippen molar-refractivity contribution >= 4 is 65.5 Å². The van der Waals surface area contributed by atoms with Gasteiger partial charge < -0.3 is 15.7 Å². The van der Waals surface area contributed by atoms with Crippen LogP contribution in [-0.2, 0) is 0 Å². The summed E-state index contributed by atoms with van der Waals surface area (Å²) in [5.74, 6) is 0.756. The van der Waals surface area contributed by atoms with Gasteiger partial charge in [-0.15, -0.1) is 11.3 Å². The third-order valence-corrected chi connectivity index (χ3v) is 7.95. The highest BCUT2D eigenvalue weighted by Crippen LogP contribution is 2.31. The van der Waals surface area contributed by atoms with Crippen LogP contribution < -0.4 is 16.1 Å². The van der Waals surface area contributed by atoms with E-state index in [1.165, 1.54) is 6.33 Å². The Kier molecular flexibility index (Phi) is 7.81. The van der Waals surface area contributed by atoms with Gasteiger partial charge in [-0.2, -0.15) is 0 Å². The number of anilines is 2. The monoisotopic (exact) mass is 533 g/mol. The van der Waals surface area contributed by atoms with Crippen LogP contribution in [0.25, 0.3) is 31.1 Å². The van der Waals surface area contributed by atoms with Gasteiger partial charge in [-0.05, 0) is 48.9 Å². The first-order valence-corrected chi connectivity index (χ1v) is 13.4. The summed E-state index contributed by atoms with van der Waals surface area (Å²) < 4.78 is 2.02. The molecule has 0 fully saturated rings. The normalized spacial score (nSPS) is 11.6. The van der Waals surface area contributed by atoms with Gasteiger partial charge in [0, 0.05) is 63.6 Å². The smallest absolute Gasteiger partial charge is 0.197 e. The molecule has 0 saturated carbocycles. The minimum atomic E-state index is 0.0605. The Morgan fingerprint density at radius 2 is 1.78 bits per heavy atom. The van der Waals surface area contributed by atoms with Gasteiger partial charge in [0.2, 0.25) is 0 Å². The van der Waals surface area contributed by atoms with Gasteiger partial charge in [0.25, 0.3) is 0 Å². The van der Waals surface area contributed by atoms with E-state index in [0.29, 0.717) is 31.2 Å². The number of aliphatic hydroxyl groups is 1. The Labute approximate surface area is 223 Å². The van der Waals surface area contributed by atoms with E-state index in [-0.39, 0.29) is 12.0 Å². The first-order valence-electron chi connectivity index (χ1n) is 12.2. The highest BCUT2D eigenvalue weighted by molar-refractivity contribution is 7.24. The van der Waals surface area contributed by atoms with Crippen molar-refractivity contribution in [3.63, 3.8) is 0 Å². The molecule has 0 bridgehead atoms. The number of aryl methyl sites for hydroxylation is 1. The minimum absolute atomic E-state index is 0.0605. The van der Waals surface area contributed by atoms with Crippen LogP contribution in [0.5, 0.6) is 0 Å². The summed E-state index contributed by atoms with van der Waals surface area (Å²) in [5, 5.41) is 19.5. The Morgan fingerprint density at radius 3 is 2.62 bits per heavy atom. The van der Waals surface area contributed by atoms with E-state index in [0.717, 1.165) is 54.7 Å². The fraction of sp³-hybridized carbons (Fsp3) is 0.250. The quantitative estimate of drug-likeness (QED) is 0.214. The third-order valence-electron chi connectivity index (χ3n) is 6.40. The Morgan fingerprint density at radius 1 is 0.973 bits per heavy atom. The van der Waals surface area contributed by atoms with Crippen molar-refractivity contribution in [3.8, 4) is 0 Å². The molecule has 3 aromatic carbocycles. The molecule has 3 N–H and O–H groups in total. The van der Waals surface area contributed by atoms with Crippen molar-refractivity contribution in [2.75, 3.05) is 50.0 Å². The number of fused-ring (bicyclic) bond motifs is 3. The lowest BCUT2D eigenvalue weighted by molar-refractivity contribution is 0.205. The summed E-state index contributed by atoms with van der Waals surface area (Å²) in [7, 11) is 0. The van der Waals surface area contributed by atoms with Crippen LogP contribution >= 0.6 is 22.9 Å². The third kappa shape index (κ3) is 5.52. The fourth-order valence-corrected chi connectivity index (χ4v) is 5.85. The highest BCUT2D eigenvalue weighted by atomic mass is 35.5. The average molecular weight is 534 g/mol. The maximum atomic E-state index is 13.3. The van der Waals surface area contributed by atoms with Crippen molar-refractivity contribution in [3.05, 3.63) is 81.7 Å². The van der Waals surface area contributed by atoms with Gasteiger partial charge in [-0.3, -0.25) is 9.69 Å². The molecule has 37 heavy (non-hydrogen) atoms. The second-order valence-corrected chi connectivity index (χ2v) is 10.4. The number of benzene rings is 3. The van der Waals surface area contributed by atoms with Crippen LogP contribution in [0.4, 0.5) is 11.5 Å². The minimum Gasteiger partial charge on any atom is -0.395 e. The number of hydrogen-bond donors (Lipinski definition) is 3. The predicted molar refractivity (Wildman–Crippen MR) is 155 cm³/mol. The molecule has 2 heterocycles. The highest BCUT2D eigenvalue weighted by Gasteiger charge is 2.13. The zero-order valence-electron chi connectivity index (χ0n) is 20.5. The van der Waals surface area contributed by atoms with Gasteiger partial charge >= 0.3 is 0 Å². The lowest BCUT2D eigenvalue weighted by Crippen LogP contribution is -2.35. The van der Waals surface area contributed by atoms with E-state index < -0.39 is 0 Å². The maximum absolute atomic E-state index is 13.3. The second-order valence-electron chi connectivity index (χ2n) is 8.86. The SMILES string of the molecule is Cc1ccc(NCCN(CCO)CCNc2ncnc3cc(Cl)ccc23)c2c(=O)c3ccccc3sc12. The number of rotatable bonds is 10. The molecule has 190 valence electrons. The molecule has 0 radical (unpaired) electrons. The zero-order valence-corrected chi connectivity index (χ0v) is 22.1. The first kappa shape index (κ1) is 25.4. The number of nitrogens with one attached hydrogen (secondary N) is 2. The summed E-state index contributed by atoms with van der Waals surface area (Å²) in [5.41, 5.74) is 2.80. The van der Waals surface area contributed by atoms with E-state index in [4.69, 9.17) is 11.6 Å². The Hall–Kier alpha value is -3.30. The lowest BCUT2D eigenvalue weighted by atomic mass is 10.1. The van der Waals surface area contributed by atoms with Crippen LogP contribution in [-0.4, -0.2) is 59.3 Å². The van der Waals surface area contributed by atoms with Gasteiger partial charge in [0.1, 0.15) is 12.1 Å². The average Bonchev–Trinajstić information content (AvgIpc) is 2.90. The summed E-state index contributed by atoms with van der Waals surface area (Å²) in [4.78, 5) is 24.2. The molecular weight excluding hydrogens is 506 g/mol. The first-order chi connectivity index (χ1) is 18.0. The predicted octanol–water partition coefficient (Wildman–Crippen LogP) is 5.14. The topological polar surface area (TPSA) is 90.4 Å². The van der Waals surface area contributed by atoms with E-state index in [2.05, 4.69) is 31.6 Å². The molecule has 5 aromatic rings. The molecule has 7 nitrogen and oxygen atoms in total. The second kappa shape index (κ2) is 11.4. The molecule has 9 heteroatoms. The number of hydrogen-bond acceptors (Lipinski definition) is 8. The van der Waals surface area contributed by atoms with Crippen LogP contribution in [0.2, 0.25) is 5.02 Å². The van der Waals surface area contributed by atoms with Gasteiger partial charge in [-0.1, -0.05) is 29.8 Å². The van der Waals surface area contributed by atoms with Crippen molar-refractivity contribution < 1.29 is 5.11 Å². The summed E-state index contributed by atoms with van der Waals surface area (Å²) in [6.45, 7) is 5.39. The zero-order chi connectivity index (χ0) is 25.8. The van der Waals surface area contributed by atoms with Crippen LogP contribution in [0.1, 0.15) is 5.56 Å². The van der Waals surface area contributed by atoms with Crippen molar-refractivity contribution in [1.82, 2.24) is 14.9 Å².